The van der Waals surface area contributed by atoms with Gasteiger partial charge >= 0.3 is 6.03 Å². The SMILES string of the molecule is COc1ccc([C@H](C)[C@H](NC(=O)N[C@H]2CC[C@H](O)CC2)c2nc3ccccc3[nH]2)cc1. The van der Waals surface area contributed by atoms with Gasteiger partial charge in [-0.05, 0) is 55.5 Å². The molecule has 1 aliphatic carbocycles. The van der Waals surface area contributed by atoms with Crippen LogP contribution < -0.4 is 15.4 Å². The lowest BCUT2D eigenvalue weighted by atomic mass is 9.92. The van der Waals surface area contributed by atoms with E-state index in [4.69, 9.17) is 9.72 Å². The zero-order chi connectivity index (χ0) is 21.8. The number of amides is 2. The first-order valence-electron chi connectivity index (χ1n) is 10.9. The lowest BCUT2D eigenvalue weighted by Gasteiger charge is -2.29. The first kappa shape index (κ1) is 21.2. The first-order valence-corrected chi connectivity index (χ1v) is 10.9. The van der Waals surface area contributed by atoms with Gasteiger partial charge in [-0.25, -0.2) is 9.78 Å². The number of methoxy groups -OCH3 is 1. The second kappa shape index (κ2) is 9.39. The Labute approximate surface area is 182 Å². The van der Waals surface area contributed by atoms with Crippen LogP contribution in [0.15, 0.2) is 48.5 Å². The van der Waals surface area contributed by atoms with E-state index in [2.05, 4.69) is 22.5 Å². The molecule has 0 bridgehead atoms. The van der Waals surface area contributed by atoms with Crippen molar-refractivity contribution < 1.29 is 14.6 Å². The highest BCUT2D eigenvalue weighted by atomic mass is 16.5. The summed E-state index contributed by atoms with van der Waals surface area (Å²) < 4.78 is 5.27. The Hall–Kier alpha value is -3.06. The second-order valence-corrected chi connectivity index (χ2v) is 8.30. The monoisotopic (exact) mass is 422 g/mol. The lowest BCUT2D eigenvalue weighted by Crippen LogP contribution is -2.46. The van der Waals surface area contributed by atoms with Crippen molar-refractivity contribution >= 4 is 17.1 Å². The lowest BCUT2D eigenvalue weighted by molar-refractivity contribution is 0.117. The van der Waals surface area contributed by atoms with Gasteiger partial charge in [-0.1, -0.05) is 31.2 Å². The van der Waals surface area contributed by atoms with Gasteiger partial charge in [0.25, 0.3) is 0 Å². The van der Waals surface area contributed by atoms with Crippen molar-refractivity contribution in [3.8, 4) is 5.75 Å². The number of H-pyrrole nitrogens is 1. The normalized spacial score (nSPS) is 20.7. The predicted octanol–water partition coefficient (Wildman–Crippen LogP) is 4.02. The Bertz CT molecular complexity index is 976. The average Bonchev–Trinajstić information content (AvgIpc) is 3.22. The summed E-state index contributed by atoms with van der Waals surface area (Å²) in [7, 11) is 1.64. The molecule has 4 N–H and O–H groups in total. The van der Waals surface area contributed by atoms with Crippen molar-refractivity contribution in [2.45, 2.75) is 56.7 Å². The molecule has 7 heteroatoms. The summed E-state index contributed by atoms with van der Waals surface area (Å²) in [4.78, 5) is 21.0. The number of fused-ring (bicyclic) bond motifs is 1. The third-order valence-electron chi connectivity index (χ3n) is 6.16. The fraction of sp³-hybridized carbons (Fsp3) is 0.417. The smallest absolute Gasteiger partial charge is 0.315 e. The molecule has 0 spiro atoms. The fourth-order valence-corrected chi connectivity index (χ4v) is 4.24. The van der Waals surface area contributed by atoms with E-state index in [9.17, 15) is 9.90 Å². The topological polar surface area (TPSA) is 99.3 Å². The van der Waals surface area contributed by atoms with Crippen LogP contribution in [0.1, 0.15) is 56.0 Å². The van der Waals surface area contributed by atoms with Crippen LogP contribution in [0.5, 0.6) is 5.75 Å². The summed E-state index contributed by atoms with van der Waals surface area (Å²) >= 11 is 0. The molecule has 0 radical (unpaired) electrons. The van der Waals surface area contributed by atoms with E-state index in [1.165, 1.54) is 0 Å². The van der Waals surface area contributed by atoms with Crippen molar-refractivity contribution in [1.82, 2.24) is 20.6 Å². The van der Waals surface area contributed by atoms with Gasteiger partial charge in [-0.15, -0.1) is 0 Å². The van der Waals surface area contributed by atoms with Crippen LogP contribution in [-0.4, -0.2) is 40.4 Å². The molecule has 0 aliphatic heterocycles. The minimum absolute atomic E-state index is 0.0228. The molecular formula is C24H30N4O3. The third-order valence-corrected chi connectivity index (χ3v) is 6.16. The van der Waals surface area contributed by atoms with E-state index < -0.39 is 0 Å². The average molecular weight is 423 g/mol. The van der Waals surface area contributed by atoms with Crippen molar-refractivity contribution in [2.24, 2.45) is 0 Å². The Morgan fingerprint density at radius 3 is 2.52 bits per heavy atom. The van der Waals surface area contributed by atoms with Crippen LogP contribution in [0.2, 0.25) is 0 Å². The Balaban J connectivity index is 1.56. The quantitative estimate of drug-likeness (QED) is 0.482. The molecule has 1 aliphatic rings. The number of rotatable bonds is 6. The number of carbonyl (C=O) groups excluding carboxylic acids is 1. The summed E-state index contributed by atoms with van der Waals surface area (Å²) in [5, 5.41) is 15.9. The minimum atomic E-state index is -0.338. The number of nitrogens with zero attached hydrogens (tertiary/aromatic N) is 1. The first-order chi connectivity index (χ1) is 15.0. The number of urea groups is 1. The van der Waals surface area contributed by atoms with Crippen LogP contribution in [-0.2, 0) is 0 Å². The number of hydrogen-bond donors (Lipinski definition) is 4. The summed E-state index contributed by atoms with van der Waals surface area (Å²) in [6, 6.07) is 15.3. The maximum absolute atomic E-state index is 12.9. The molecule has 1 heterocycles. The summed E-state index contributed by atoms with van der Waals surface area (Å²) in [6.07, 6.45) is 2.77. The van der Waals surface area contributed by atoms with Gasteiger partial charge in [-0.3, -0.25) is 0 Å². The van der Waals surface area contributed by atoms with Crippen molar-refractivity contribution in [3.63, 3.8) is 0 Å². The van der Waals surface area contributed by atoms with Crippen LogP contribution in [0.4, 0.5) is 4.79 Å². The number of imidazole rings is 1. The number of ether oxygens (including phenoxy) is 1. The van der Waals surface area contributed by atoms with Crippen molar-refractivity contribution in [2.75, 3.05) is 7.11 Å². The highest BCUT2D eigenvalue weighted by Crippen LogP contribution is 2.31. The number of para-hydroxylation sites is 2. The molecule has 1 aromatic heterocycles. The molecule has 0 unspecified atom stereocenters. The standard InChI is InChI=1S/C24H30N4O3/c1-15(16-7-13-19(31-2)14-8-16)22(23-26-20-5-3-4-6-21(20)27-23)28-24(30)25-17-9-11-18(29)12-10-17/h3-8,13-15,17-18,22,29H,9-12H2,1-2H3,(H,26,27)(H2,25,28,30)/t15-,17-,18-,22-/m0/s1. The highest BCUT2D eigenvalue weighted by Gasteiger charge is 2.28. The number of benzene rings is 2. The maximum Gasteiger partial charge on any atom is 0.315 e. The molecule has 1 fully saturated rings. The Morgan fingerprint density at radius 1 is 1.13 bits per heavy atom. The maximum atomic E-state index is 12.9. The molecule has 164 valence electrons. The van der Waals surface area contributed by atoms with Gasteiger partial charge in [-0.2, -0.15) is 0 Å². The fourth-order valence-electron chi connectivity index (χ4n) is 4.24. The molecule has 2 aromatic carbocycles. The van der Waals surface area contributed by atoms with Crippen LogP contribution >= 0.6 is 0 Å². The van der Waals surface area contributed by atoms with Crippen molar-refractivity contribution in [3.05, 3.63) is 59.9 Å². The molecule has 31 heavy (non-hydrogen) atoms. The summed E-state index contributed by atoms with van der Waals surface area (Å²) in [6.45, 7) is 2.08. The number of aliphatic hydroxyl groups excluding tert-OH is 1. The molecule has 7 nitrogen and oxygen atoms in total. The van der Waals surface area contributed by atoms with E-state index in [1.807, 2.05) is 48.5 Å². The number of nitrogens with one attached hydrogen (secondary N) is 3. The van der Waals surface area contributed by atoms with Gasteiger partial charge in [0.2, 0.25) is 0 Å². The zero-order valence-electron chi connectivity index (χ0n) is 18.0. The molecule has 4 rings (SSSR count). The van der Waals surface area contributed by atoms with Crippen LogP contribution in [0.25, 0.3) is 11.0 Å². The third kappa shape index (κ3) is 4.99. The van der Waals surface area contributed by atoms with Gasteiger partial charge in [0.1, 0.15) is 11.6 Å². The zero-order valence-corrected chi connectivity index (χ0v) is 18.0. The highest BCUT2D eigenvalue weighted by molar-refractivity contribution is 5.77. The number of aromatic amines is 1. The molecule has 2 atom stereocenters. The summed E-state index contributed by atoms with van der Waals surface area (Å²) in [5.41, 5.74) is 2.88. The predicted molar refractivity (Wildman–Crippen MR) is 120 cm³/mol. The molecule has 1 saturated carbocycles. The van der Waals surface area contributed by atoms with Crippen molar-refractivity contribution in [1.29, 1.82) is 0 Å². The van der Waals surface area contributed by atoms with Crippen LogP contribution in [0, 0.1) is 0 Å². The Morgan fingerprint density at radius 2 is 1.84 bits per heavy atom. The van der Waals surface area contributed by atoms with E-state index in [-0.39, 0.29) is 30.1 Å². The minimum Gasteiger partial charge on any atom is -0.497 e. The second-order valence-electron chi connectivity index (χ2n) is 8.30. The number of aliphatic hydroxyl groups is 1. The Kier molecular flexibility index (Phi) is 6.42. The molecular weight excluding hydrogens is 392 g/mol. The number of hydrogen-bond acceptors (Lipinski definition) is 4. The van der Waals surface area contributed by atoms with E-state index in [1.54, 1.807) is 7.11 Å². The van der Waals surface area contributed by atoms with Crippen LogP contribution in [0.3, 0.4) is 0 Å². The number of carbonyl (C=O) groups is 1. The van der Waals surface area contributed by atoms with Gasteiger partial charge in [0.15, 0.2) is 0 Å². The molecule has 0 saturated heterocycles. The largest absolute Gasteiger partial charge is 0.497 e. The van der Waals surface area contributed by atoms with Gasteiger partial charge in [0.05, 0.1) is 30.3 Å². The van der Waals surface area contributed by atoms with E-state index in [0.29, 0.717) is 0 Å². The molecule has 2 amide bonds. The van der Waals surface area contributed by atoms with Gasteiger partial charge < -0.3 is 25.5 Å². The number of aromatic nitrogens is 2. The van der Waals surface area contributed by atoms with E-state index in [0.717, 1.165) is 53.9 Å². The summed E-state index contributed by atoms with van der Waals surface area (Å²) in [5.74, 6) is 1.49. The van der Waals surface area contributed by atoms with E-state index >= 15 is 0 Å². The van der Waals surface area contributed by atoms with Gasteiger partial charge in [0, 0.05) is 12.0 Å². The molecule has 3 aromatic rings.